The molecule has 3 rings (SSSR count). The van der Waals surface area contributed by atoms with Gasteiger partial charge in [-0.2, -0.15) is 0 Å². The molecule has 0 unspecified atom stereocenters. The van der Waals surface area contributed by atoms with Crippen molar-refractivity contribution in [2.24, 2.45) is 0 Å². The largest absolute Gasteiger partial charge is 0.354 e. The number of nitrogens with zero attached hydrogens (tertiary/aromatic N) is 1. The van der Waals surface area contributed by atoms with Gasteiger partial charge in [-0.15, -0.1) is 0 Å². The lowest BCUT2D eigenvalue weighted by atomic mass is 9.94. The van der Waals surface area contributed by atoms with Gasteiger partial charge in [-0.3, -0.25) is 9.69 Å². The first-order chi connectivity index (χ1) is 11.9. The minimum Gasteiger partial charge on any atom is -0.354 e. The summed E-state index contributed by atoms with van der Waals surface area (Å²) in [6.45, 7) is 6.78. The van der Waals surface area contributed by atoms with E-state index in [0.717, 1.165) is 19.5 Å². The van der Waals surface area contributed by atoms with E-state index in [4.69, 9.17) is 0 Å². The van der Waals surface area contributed by atoms with Gasteiger partial charge < -0.3 is 5.32 Å². The van der Waals surface area contributed by atoms with Crippen molar-refractivity contribution in [3.8, 4) is 0 Å². The Morgan fingerprint density at radius 1 is 1.16 bits per heavy atom. The summed E-state index contributed by atoms with van der Waals surface area (Å²) >= 11 is 0. The number of halogens is 1. The van der Waals surface area contributed by atoms with Crippen LogP contribution in [0.15, 0.2) is 48.5 Å². The molecule has 3 nitrogen and oxygen atoms in total. The first kappa shape index (κ1) is 17.6. The van der Waals surface area contributed by atoms with Crippen molar-refractivity contribution in [2.45, 2.75) is 38.8 Å². The summed E-state index contributed by atoms with van der Waals surface area (Å²) in [6.07, 6.45) is 1.24. The average molecular weight is 340 g/mol. The Morgan fingerprint density at radius 2 is 1.92 bits per heavy atom. The summed E-state index contributed by atoms with van der Waals surface area (Å²) in [5, 5.41) is 3.01. The maximum atomic E-state index is 13.2. The molecule has 0 radical (unpaired) electrons. The van der Waals surface area contributed by atoms with Crippen molar-refractivity contribution in [3.05, 3.63) is 71.0 Å². The van der Waals surface area contributed by atoms with E-state index in [-0.39, 0.29) is 23.7 Å². The summed E-state index contributed by atoms with van der Waals surface area (Å²) < 4.78 is 13.2. The fourth-order valence-electron chi connectivity index (χ4n) is 3.33. The summed E-state index contributed by atoms with van der Waals surface area (Å²) in [4.78, 5) is 14.6. The molecule has 0 bridgehead atoms. The van der Waals surface area contributed by atoms with Gasteiger partial charge in [0.15, 0.2) is 0 Å². The van der Waals surface area contributed by atoms with Crippen molar-refractivity contribution < 1.29 is 9.18 Å². The lowest BCUT2D eigenvalue weighted by Gasteiger charge is -2.41. The summed E-state index contributed by atoms with van der Waals surface area (Å²) in [5.41, 5.74) is 3.35. The van der Waals surface area contributed by atoms with Crippen LogP contribution in [0.4, 0.5) is 4.39 Å². The summed E-state index contributed by atoms with van der Waals surface area (Å²) in [5.74, 6) is -0.381. The first-order valence-electron chi connectivity index (χ1n) is 8.77. The third-order valence-electron chi connectivity index (χ3n) is 4.96. The average Bonchev–Trinajstić information content (AvgIpc) is 2.60. The van der Waals surface area contributed by atoms with E-state index >= 15 is 0 Å². The van der Waals surface area contributed by atoms with Gasteiger partial charge in [-0.05, 0) is 49.1 Å². The number of rotatable bonds is 5. The zero-order valence-electron chi connectivity index (χ0n) is 14.9. The Kier molecular flexibility index (Phi) is 5.19. The van der Waals surface area contributed by atoms with Crippen molar-refractivity contribution in [3.63, 3.8) is 0 Å². The number of nitrogens with one attached hydrogen (secondary N) is 1. The lowest BCUT2D eigenvalue weighted by Crippen LogP contribution is -2.53. The molecule has 132 valence electrons. The molecule has 0 saturated carbocycles. The molecule has 0 atom stereocenters. The fourth-order valence-corrected chi connectivity index (χ4v) is 3.33. The van der Waals surface area contributed by atoms with Crippen LogP contribution in [-0.2, 0) is 24.2 Å². The maximum absolute atomic E-state index is 13.2. The molecule has 1 N–H and O–H groups in total. The molecule has 25 heavy (non-hydrogen) atoms. The van der Waals surface area contributed by atoms with Crippen LogP contribution in [0.3, 0.4) is 0 Å². The van der Waals surface area contributed by atoms with Gasteiger partial charge in [0.1, 0.15) is 5.82 Å². The van der Waals surface area contributed by atoms with E-state index in [2.05, 4.69) is 48.3 Å². The molecule has 2 aromatic carbocycles. The second-order valence-corrected chi connectivity index (χ2v) is 7.34. The Hall–Kier alpha value is -2.20. The van der Waals surface area contributed by atoms with Crippen molar-refractivity contribution >= 4 is 5.91 Å². The molecule has 0 fully saturated rings. The molecule has 4 heteroatoms. The van der Waals surface area contributed by atoms with Gasteiger partial charge in [0.2, 0.25) is 5.91 Å². The standard InChI is InChI=1S/C21H25FN2O/c1-21(2,24-11-10-17-7-3-4-8-18(17)14-24)15-23-20(25)13-16-6-5-9-19(22)12-16/h3-9,12H,10-11,13-15H2,1-2H3,(H,23,25). The highest BCUT2D eigenvalue weighted by molar-refractivity contribution is 5.78. The van der Waals surface area contributed by atoms with E-state index < -0.39 is 0 Å². The minimum absolute atomic E-state index is 0.0731. The fraction of sp³-hybridized carbons (Fsp3) is 0.381. The number of hydrogen-bond donors (Lipinski definition) is 1. The van der Waals surface area contributed by atoms with Crippen molar-refractivity contribution in [2.75, 3.05) is 13.1 Å². The van der Waals surface area contributed by atoms with E-state index in [1.165, 1.54) is 23.3 Å². The Labute approximate surface area is 148 Å². The Morgan fingerprint density at radius 3 is 2.68 bits per heavy atom. The summed E-state index contributed by atoms with van der Waals surface area (Å²) in [6, 6.07) is 14.7. The number of amides is 1. The van der Waals surface area contributed by atoms with E-state index in [9.17, 15) is 9.18 Å². The number of benzene rings is 2. The Balaban J connectivity index is 1.56. The van der Waals surface area contributed by atoms with Crippen LogP contribution < -0.4 is 5.32 Å². The SMILES string of the molecule is CC(C)(CNC(=O)Cc1cccc(F)c1)N1CCc2ccccc2C1. The van der Waals surface area contributed by atoms with Crippen LogP contribution in [-0.4, -0.2) is 29.4 Å². The Bertz CT molecular complexity index is 757. The maximum Gasteiger partial charge on any atom is 0.224 e. The van der Waals surface area contributed by atoms with Crippen LogP contribution in [0.25, 0.3) is 0 Å². The first-order valence-corrected chi connectivity index (χ1v) is 8.77. The zero-order valence-corrected chi connectivity index (χ0v) is 14.9. The van der Waals surface area contributed by atoms with Crippen molar-refractivity contribution in [1.82, 2.24) is 10.2 Å². The van der Waals surface area contributed by atoms with Crippen LogP contribution in [0.5, 0.6) is 0 Å². The second kappa shape index (κ2) is 7.36. The molecule has 0 spiro atoms. The quantitative estimate of drug-likeness (QED) is 0.906. The van der Waals surface area contributed by atoms with Gasteiger partial charge in [-0.25, -0.2) is 4.39 Å². The predicted molar refractivity (Wildman–Crippen MR) is 97.7 cm³/mol. The number of fused-ring (bicyclic) bond motifs is 1. The molecule has 2 aromatic rings. The van der Waals surface area contributed by atoms with Crippen LogP contribution in [0.1, 0.15) is 30.5 Å². The van der Waals surface area contributed by atoms with E-state index in [1.807, 2.05) is 0 Å². The number of carbonyl (C=O) groups is 1. The smallest absolute Gasteiger partial charge is 0.224 e. The predicted octanol–water partition coefficient (Wildman–Crippen LogP) is 3.32. The summed E-state index contributed by atoms with van der Waals surface area (Å²) in [7, 11) is 0. The molecule has 1 heterocycles. The van der Waals surface area contributed by atoms with Crippen LogP contribution >= 0.6 is 0 Å². The lowest BCUT2D eigenvalue weighted by molar-refractivity contribution is -0.121. The van der Waals surface area contributed by atoms with Gasteiger partial charge in [0, 0.05) is 25.2 Å². The van der Waals surface area contributed by atoms with Crippen LogP contribution in [0, 0.1) is 5.82 Å². The topological polar surface area (TPSA) is 32.3 Å². The second-order valence-electron chi connectivity index (χ2n) is 7.34. The molecule has 1 aliphatic heterocycles. The molecular weight excluding hydrogens is 315 g/mol. The molecule has 1 amide bonds. The van der Waals surface area contributed by atoms with Gasteiger partial charge in [0.05, 0.1) is 6.42 Å². The number of carbonyl (C=O) groups excluding carboxylic acids is 1. The van der Waals surface area contributed by atoms with E-state index in [1.54, 1.807) is 12.1 Å². The monoisotopic (exact) mass is 340 g/mol. The van der Waals surface area contributed by atoms with E-state index in [0.29, 0.717) is 12.1 Å². The molecule has 0 aliphatic carbocycles. The molecule has 1 aliphatic rings. The minimum atomic E-state index is -0.308. The number of hydrogen-bond acceptors (Lipinski definition) is 2. The highest BCUT2D eigenvalue weighted by Gasteiger charge is 2.30. The third-order valence-corrected chi connectivity index (χ3v) is 4.96. The normalized spacial score (nSPS) is 14.8. The van der Waals surface area contributed by atoms with Crippen molar-refractivity contribution in [1.29, 1.82) is 0 Å². The van der Waals surface area contributed by atoms with Crippen LogP contribution in [0.2, 0.25) is 0 Å². The van der Waals surface area contributed by atoms with Gasteiger partial charge >= 0.3 is 0 Å². The van der Waals surface area contributed by atoms with Gasteiger partial charge in [0.25, 0.3) is 0 Å². The molecule has 0 saturated heterocycles. The molecule has 0 aromatic heterocycles. The highest BCUT2D eigenvalue weighted by atomic mass is 19.1. The molecular formula is C21H25FN2O. The van der Waals surface area contributed by atoms with Gasteiger partial charge in [-0.1, -0.05) is 36.4 Å². The highest BCUT2D eigenvalue weighted by Crippen LogP contribution is 2.24. The zero-order chi connectivity index (χ0) is 17.9. The third kappa shape index (κ3) is 4.45.